The first-order valence-corrected chi connectivity index (χ1v) is 14.2. The van der Waals surface area contributed by atoms with Crippen molar-refractivity contribution in [3.63, 3.8) is 0 Å². The number of hydrogen-bond acceptors (Lipinski definition) is 7. The largest absolute Gasteiger partial charge is 0.507 e. The van der Waals surface area contributed by atoms with E-state index in [1.165, 1.54) is 37.1 Å². The second-order valence-electron chi connectivity index (χ2n) is 9.42. The number of aromatic carboxylic acids is 1. The highest BCUT2D eigenvalue weighted by atomic mass is 32.2. The molecule has 0 aliphatic carbocycles. The van der Waals surface area contributed by atoms with E-state index in [1.54, 1.807) is 91.9 Å². The number of methoxy groups -OCH3 is 1. The van der Waals surface area contributed by atoms with Crippen LogP contribution in [0.15, 0.2) is 108 Å². The second-order valence-corrected chi connectivity index (χ2v) is 10.8. The van der Waals surface area contributed by atoms with Gasteiger partial charge in [0.15, 0.2) is 0 Å². The molecule has 4 rings (SSSR count). The molecule has 0 heterocycles. The number of aromatic hydroxyl groups is 1. The third-order valence-corrected chi connectivity index (χ3v) is 7.30. The molecule has 0 aliphatic rings. The van der Waals surface area contributed by atoms with Crippen LogP contribution < -0.4 is 20.7 Å². The molecule has 0 fully saturated rings. The van der Waals surface area contributed by atoms with Gasteiger partial charge in [0.1, 0.15) is 22.8 Å². The van der Waals surface area contributed by atoms with Gasteiger partial charge in [-0.3, -0.25) is 14.4 Å². The topological polar surface area (TPSA) is 154 Å². The smallest absolute Gasteiger partial charge is 0.339 e. The van der Waals surface area contributed by atoms with Crippen molar-refractivity contribution in [2.75, 3.05) is 17.7 Å². The number of carbonyl (C=O) groups is 4. The molecule has 0 spiro atoms. The van der Waals surface area contributed by atoms with Gasteiger partial charge in [0.2, 0.25) is 5.91 Å². The number of carboxylic acids is 1. The lowest BCUT2D eigenvalue weighted by molar-refractivity contribution is -0.115. The summed E-state index contributed by atoms with van der Waals surface area (Å²) >= 11 is 1.22. The number of phenols is 1. The van der Waals surface area contributed by atoms with Crippen LogP contribution in [0.25, 0.3) is 6.08 Å². The summed E-state index contributed by atoms with van der Waals surface area (Å²) in [6.07, 6.45) is 1.54. The molecule has 3 amide bonds. The predicted octanol–water partition coefficient (Wildman–Crippen LogP) is 5.63. The van der Waals surface area contributed by atoms with Crippen LogP contribution >= 0.6 is 11.8 Å². The van der Waals surface area contributed by atoms with Gasteiger partial charge in [-0.1, -0.05) is 36.4 Å². The molecule has 44 heavy (non-hydrogen) atoms. The SMILES string of the molecule is COc1cccc(/C=C(\NC(=O)c2ccccc2)C(=O)Nc2cccc(SC(C)C(=O)Nc3ccc(O)c(C(=O)O)c3)c2)c1. The summed E-state index contributed by atoms with van der Waals surface area (Å²) in [4.78, 5) is 51.1. The monoisotopic (exact) mass is 611 g/mol. The lowest BCUT2D eigenvalue weighted by Gasteiger charge is -2.14. The molecule has 4 aromatic carbocycles. The fourth-order valence-corrected chi connectivity index (χ4v) is 4.90. The number of benzene rings is 4. The van der Waals surface area contributed by atoms with Gasteiger partial charge in [-0.25, -0.2) is 4.79 Å². The molecule has 0 bridgehead atoms. The van der Waals surface area contributed by atoms with E-state index in [2.05, 4.69) is 16.0 Å². The van der Waals surface area contributed by atoms with Crippen molar-refractivity contribution >= 4 is 52.9 Å². The molecule has 0 saturated heterocycles. The summed E-state index contributed by atoms with van der Waals surface area (Å²) in [5.41, 5.74) is 1.36. The molecule has 10 nitrogen and oxygen atoms in total. The van der Waals surface area contributed by atoms with Gasteiger partial charge in [-0.15, -0.1) is 11.8 Å². The Bertz CT molecular complexity index is 1720. The van der Waals surface area contributed by atoms with Crippen LogP contribution in [-0.2, 0) is 9.59 Å². The number of nitrogens with one attached hydrogen (secondary N) is 3. The minimum atomic E-state index is -1.32. The standard InChI is InChI=1S/C33H29N3O7S/c1-20(30(38)34-24-14-15-29(37)27(19-24)33(41)42)44-26-13-7-11-23(18-26)35-32(40)28(17-21-8-6-12-25(16-21)43-2)36-31(39)22-9-4-3-5-10-22/h3-20,37H,1-2H3,(H,34,38)(H,35,40)(H,36,39)(H,41,42)/b28-17-. The molecule has 4 aromatic rings. The number of ether oxygens (including phenoxy) is 1. The minimum Gasteiger partial charge on any atom is -0.507 e. The van der Waals surface area contributed by atoms with E-state index >= 15 is 0 Å². The van der Waals surface area contributed by atoms with Crippen LogP contribution in [0.5, 0.6) is 11.5 Å². The molecule has 224 valence electrons. The summed E-state index contributed by atoms with van der Waals surface area (Å²) in [5.74, 6) is -2.55. The summed E-state index contributed by atoms with van der Waals surface area (Å²) in [7, 11) is 1.53. The third kappa shape index (κ3) is 8.49. The van der Waals surface area contributed by atoms with Crippen LogP contribution in [0.2, 0.25) is 0 Å². The lowest BCUT2D eigenvalue weighted by atomic mass is 10.1. The maximum absolute atomic E-state index is 13.4. The van der Waals surface area contributed by atoms with Gasteiger partial charge < -0.3 is 30.9 Å². The molecule has 0 radical (unpaired) electrons. The number of hydrogen-bond donors (Lipinski definition) is 5. The zero-order valence-electron chi connectivity index (χ0n) is 23.7. The van der Waals surface area contributed by atoms with Crippen molar-refractivity contribution < 1.29 is 34.1 Å². The number of amides is 3. The second kappa shape index (κ2) is 14.6. The van der Waals surface area contributed by atoms with E-state index in [9.17, 15) is 29.4 Å². The van der Waals surface area contributed by atoms with Crippen LogP contribution in [0, 0.1) is 0 Å². The third-order valence-electron chi connectivity index (χ3n) is 6.20. The van der Waals surface area contributed by atoms with E-state index in [-0.39, 0.29) is 16.9 Å². The van der Waals surface area contributed by atoms with Crippen molar-refractivity contribution in [1.29, 1.82) is 0 Å². The molecule has 1 atom stereocenters. The normalized spacial score (nSPS) is 11.6. The Kier molecular flexibility index (Phi) is 10.4. The average molecular weight is 612 g/mol. The highest BCUT2D eigenvalue weighted by Crippen LogP contribution is 2.28. The molecule has 5 N–H and O–H groups in total. The Balaban J connectivity index is 1.48. The van der Waals surface area contributed by atoms with Crippen molar-refractivity contribution in [2.24, 2.45) is 0 Å². The van der Waals surface area contributed by atoms with Gasteiger partial charge in [0.05, 0.1) is 12.4 Å². The maximum atomic E-state index is 13.4. The van der Waals surface area contributed by atoms with E-state index < -0.39 is 34.7 Å². The number of rotatable bonds is 11. The molecule has 0 aromatic heterocycles. The highest BCUT2D eigenvalue weighted by Gasteiger charge is 2.19. The molecular weight excluding hydrogens is 582 g/mol. The summed E-state index contributed by atoms with van der Waals surface area (Å²) in [6.45, 7) is 1.68. The first-order chi connectivity index (χ1) is 21.1. The fraction of sp³-hybridized carbons (Fsp3) is 0.0909. The lowest BCUT2D eigenvalue weighted by Crippen LogP contribution is -2.30. The first-order valence-electron chi connectivity index (χ1n) is 13.3. The first kappa shape index (κ1) is 31.4. The van der Waals surface area contributed by atoms with Crippen molar-refractivity contribution in [1.82, 2.24) is 5.32 Å². The van der Waals surface area contributed by atoms with Crippen molar-refractivity contribution in [3.05, 3.63) is 119 Å². The van der Waals surface area contributed by atoms with Crippen LogP contribution in [0.3, 0.4) is 0 Å². The molecule has 0 aliphatic heterocycles. The number of thioether (sulfide) groups is 1. The van der Waals surface area contributed by atoms with Crippen molar-refractivity contribution in [3.8, 4) is 11.5 Å². The van der Waals surface area contributed by atoms with Crippen LogP contribution in [-0.4, -0.2) is 46.3 Å². The zero-order chi connectivity index (χ0) is 31.6. The summed E-state index contributed by atoms with van der Waals surface area (Å²) < 4.78 is 5.28. The maximum Gasteiger partial charge on any atom is 0.339 e. The average Bonchev–Trinajstić information content (AvgIpc) is 3.02. The number of carboxylic acid groups (broad SMARTS) is 1. The number of anilines is 2. The Morgan fingerprint density at radius 3 is 2.30 bits per heavy atom. The Morgan fingerprint density at radius 1 is 0.841 bits per heavy atom. The van der Waals surface area contributed by atoms with Gasteiger partial charge in [-0.05, 0) is 79.2 Å². The number of carbonyl (C=O) groups excluding carboxylic acids is 3. The minimum absolute atomic E-state index is 0.00698. The Morgan fingerprint density at radius 2 is 1.57 bits per heavy atom. The van der Waals surface area contributed by atoms with Gasteiger partial charge in [-0.2, -0.15) is 0 Å². The summed E-state index contributed by atoms with van der Waals surface area (Å²) in [5, 5.41) is 26.5. The molecule has 0 saturated carbocycles. The Labute approximate surface area is 257 Å². The molecular formula is C33H29N3O7S. The van der Waals surface area contributed by atoms with E-state index in [0.29, 0.717) is 27.5 Å². The van der Waals surface area contributed by atoms with E-state index in [0.717, 1.165) is 0 Å². The zero-order valence-corrected chi connectivity index (χ0v) is 24.6. The van der Waals surface area contributed by atoms with Crippen LogP contribution in [0.1, 0.15) is 33.2 Å². The molecule has 11 heteroatoms. The van der Waals surface area contributed by atoms with Crippen molar-refractivity contribution in [2.45, 2.75) is 17.1 Å². The van der Waals surface area contributed by atoms with Crippen LogP contribution in [0.4, 0.5) is 11.4 Å². The quantitative estimate of drug-likeness (QED) is 0.0831. The molecule has 1 unspecified atom stereocenters. The Hall–Kier alpha value is -5.55. The van der Waals surface area contributed by atoms with E-state index in [1.807, 2.05) is 0 Å². The van der Waals surface area contributed by atoms with E-state index in [4.69, 9.17) is 4.74 Å². The van der Waals surface area contributed by atoms with Gasteiger partial charge in [0.25, 0.3) is 11.8 Å². The highest BCUT2D eigenvalue weighted by molar-refractivity contribution is 8.00. The predicted molar refractivity (Wildman–Crippen MR) is 169 cm³/mol. The summed E-state index contributed by atoms with van der Waals surface area (Å²) in [6, 6.07) is 26.2. The van der Waals surface area contributed by atoms with Gasteiger partial charge in [0, 0.05) is 21.8 Å². The van der Waals surface area contributed by atoms with Gasteiger partial charge >= 0.3 is 5.97 Å². The fourth-order valence-electron chi connectivity index (χ4n) is 3.97.